The molecule has 1 aromatic carbocycles. The summed E-state index contributed by atoms with van der Waals surface area (Å²) in [6, 6.07) is 8.04. The number of halogens is 1. The van der Waals surface area contributed by atoms with Crippen molar-refractivity contribution in [3.8, 4) is 0 Å². The molecule has 0 heterocycles. The number of benzene rings is 1. The zero-order valence-electron chi connectivity index (χ0n) is 12.1. The third kappa shape index (κ3) is 4.32. The molecule has 0 radical (unpaired) electrons. The fourth-order valence-corrected chi connectivity index (χ4v) is 2.80. The van der Waals surface area contributed by atoms with E-state index < -0.39 is 0 Å². The van der Waals surface area contributed by atoms with E-state index >= 15 is 0 Å². The fraction of sp³-hybridized carbons (Fsp3) is 0.533. The molecular formula is C15H23BrN2O. The largest absolute Gasteiger partial charge is 0.342 e. The molecule has 0 aliphatic heterocycles. The van der Waals surface area contributed by atoms with E-state index in [9.17, 15) is 4.79 Å². The molecule has 0 aliphatic rings. The van der Waals surface area contributed by atoms with Gasteiger partial charge in [-0.15, -0.1) is 0 Å². The van der Waals surface area contributed by atoms with Gasteiger partial charge in [-0.3, -0.25) is 10.1 Å². The van der Waals surface area contributed by atoms with Crippen molar-refractivity contribution in [3.63, 3.8) is 0 Å². The summed E-state index contributed by atoms with van der Waals surface area (Å²) in [6.07, 6.45) is 0. The molecule has 106 valence electrons. The predicted molar refractivity (Wildman–Crippen MR) is 83.1 cm³/mol. The number of rotatable bonds is 6. The fourth-order valence-electron chi connectivity index (χ4n) is 2.17. The Labute approximate surface area is 124 Å². The van der Waals surface area contributed by atoms with E-state index in [1.807, 2.05) is 43.9 Å². The first-order valence-electron chi connectivity index (χ1n) is 6.80. The Hall–Kier alpha value is -0.870. The van der Waals surface area contributed by atoms with Crippen LogP contribution in [0, 0.1) is 0 Å². The SMILES string of the molecule is CCN(CC)C(=O)C(C)NC(C)c1ccccc1Br. The second kappa shape index (κ2) is 7.65. The quantitative estimate of drug-likeness (QED) is 0.869. The minimum Gasteiger partial charge on any atom is -0.342 e. The maximum Gasteiger partial charge on any atom is 0.239 e. The van der Waals surface area contributed by atoms with Gasteiger partial charge in [0.15, 0.2) is 0 Å². The highest BCUT2D eigenvalue weighted by molar-refractivity contribution is 9.10. The second-order valence-electron chi connectivity index (χ2n) is 4.64. The van der Waals surface area contributed by atoms with E-state index in [1.54, 1.807) is 0 Å². The monoisotopic (exact) mass is 326 g/mol. The predicted octanol–water partition coefficient (Wildman–Crippen LogP) is 3.36. The average molecular weight is 327 g/mol. The van der Waals surface area contributed by atoms with Crippen LogP contribution < -0.4 is 5.32 Å². The molecule has 0 saturated heterocycles. The number of carbonyl (C=O) groups excluding carboxylic acids is 1. The van der Waals surface area contributed by atoms with Crippen molar-refractivity contribution in [1.82, 2.24) is 10.2 Å². The molecule has 2 atom stereocenters. The van der Waals surface area contributed by atoms with Gasteiger partial charge in [0.1, 0.15) is 0 Å². The number of hydrogen-bond acceptors (Lipinski definition) is 2. The zero-order chi connectivity index (χ0) is 14.4. The van der Waals surface area contributed by atoms with Crippen LogP contribution in [0.5, 0.6) is 0 Å². The number of amides is 1. The van der Waals surface area contributed by atoms with Crippen molar-refractivity contribution in [3.05, 3.63) is 34.3 Å². The Morgan fingerprint density at radius 1 is 1.26 bits per heavy atom. The van der Waals surface area contributed by atoms with E-state index in [0.717, 1.165) is 17.6 Å². The van der Waals surface area contributed by atoms with Crippen LogP contribution in [-0.4, -0.2) is 29.9 Å². The maximum atomic E-state index is 12.2. The van der Waals surface area contributed by atoms with E-state index in [2.05, 4.69) is 34.2 Å². The molecule has 1 aromatic rings. The number of nitrogens with zero attached hydrogens (tertiary/aromatic N) is 1. The minimum atomic E-state index is -0.179. The smallest absolute Gasteiger partial charge is 0.239 e. The molecule has 1 rings (SSSR count). The van der Waals surface area contributed by atoms with Crippen LogP contribution in [0.4, 0.5) is 0 Å². The van der Waals surface area contributed by atoms with Crippen molar-refractivity contribution in [2.24, 2.45) is 0 Å². The molecule has 0 aromatic heterocycles. The highest BCUT2D eigenvalue weighted by Gasteiger charge is 2.20. The van der Waals surface area contributed by atoms with Gasteiger partial charge in [0.05, 0.1) is 6.04 Å². The highest BCUT2D eigenvalue weighted by Crippen LogP contribution is 2.23. The topological polar surface area (TPSA) is 32.3 Å². The molecule has 3 nitrogen and oxygen atoms in total. The number of hydrogen-bond donors (Lipinski definition) is 1. The van der Waals surface area contributed by atoms with E-state index in [-0.39, 0.29) is 18.0 Å². The summed E-state index contributed by atoms with van der Waals surface area (Å²) in [5, 5.41) is 3.36. The lowest BCUT2D eigenvalue weighted by atomic mass is 10.1. The van der Waals surface area contributed by atoms with Gasteiger partial charge >= 0.3 is 0 Å². The van der Waals surface area contributed by atoms with E-state index in [0.29, 0.717) is 0 Å². The Balaban J connectivity index is 2.69. The molecule has 1 N–H and O–H groups in total. The van der Waals surface area contributed by atoms with Crippen LogP contribution in [0.2, 0.25) is 0 Å². The molecule has 2 unspecified atom stereocenters. The second-order valence-corrected chi connectivity index (χ2v) is 5.50. The summed E-state index contributed by atoms with van der Waals surface area (Å²) < 4.78 is 1.07. The third-order valence-electron chi connectivity index (χ3n) is 3.32. The van der Waals surface area contributed by atoms with Gasteiger partial charge in [-0.1, -0.05) is 34.1 Å². The summed E-state index contributed by atoms with van der Waals surface area (Å²) in [5.74, 6) is 0.156. The van der Waals surface area contributed by atoms with Gasteiger partial charge in [-0.25, -0.2) is 0 Å². The third-order valence-corrected chi connectivity index (χ3v) is 4.04. The summed E-state index contributed by atoms with van der Waals surface area (Å²) >= 11 is 3.54. The van der Waals surface area contributed by atoms with E-state index in [4.69, 9.17) is 0 Å². The zero-order valence-corrected chi connectivity index (χ0v) is 13.7. The molecule has 0 fully saturated rings. The molecule has 0 saturated carbocycles. The Morgan fingerprint density at radius 2 is 1.84 bits per heavy atom. The van der Waals surface area contributed by atoms with Gasteiger partial charge in [0, 0.05) is 23.6 Å². The Kier molecular flexibility index (Phi) is 6.52. The lowest BCUT2D eigenvalue weighted by molar-refractivity contribution is -0.132. The minimum absolute atomic E-state index is 0.130. The first-order valence-corrected chi connectivity index (χ1v) is 7.59. The van der Waals surface area contributed by atoms with Crippen LogP contribution in [0.3, 0.4) is 0 Å². The molecule has 1 amide bonds. The highest BCUT2D eigenvalue weighted by atomic mass is 79.9. The Bertz CT molecular complexity index is 418. The van der Waals surface area contributed by atoms with Crippen molar-refractivity contribution in [2.45, 2.75) is 39.8 Å². The lowest BCUT2D eigenvalue weighted by Crippen LogP contribution is -2.45. The molecule has 4 heteroatoms. The van der Waals surface area contributed by atoms with Gasteiger partial charge in [0.2, 0.25) is 5.91 Å². The molecule has 0 bridgehead atoms. The van der Waals surface area contributed by atoms with Crippen molar-refractivity contribution in [1.29, 1.82) is 0 Å². The van der Waals surface area contributed by atoms with Crippen LogP contribution in [-0.2, 0) is 4.79 Å². The Morgan fingerprint density at radius 3 is 2.37 bits per heavy atom. The van der Waals surface area contributed by atoms with Crippen LogP contribution >= 0.6 is 15.9 Å². The first kappa shape index (κ1) is 16.2. The molecule has 0 aliphatic carbocycles. The summed E-state index contributed by atoms with van der Waals surface area (Å²) in [6.45, 7) is 9.52. The summed E-state index contributed by atoms with van der Waals surface area (Å²) in [5.41, 5.74) is 1.17. The van der Waals surface area contributed by atoms with E-state index in [1.165, 1.54) is 5.56 Å². The average Bonchev–Trinajstić information content (AvgIpc) is 2.40. The standard InChI is InChI=1S/C15H23BrN2O/c1-5-18(6-2)15(19)12(4)17-11(3)13-9-7-8-10-14(13)16/h7-12,17H,5-6H2,1-4H3. The van der Waals surface area contributed by atoms with Gasteiger partial charge in [-0.05, 0) is 39.3 Å². The van der Waals surface area contributed by atoms with Crippen LogP contribution in [0.25, 0.3) is 0 Å². The lowest BCUT2D eigenvalue weighted by Gasteiger charge is -2.26. The molecule has 19 heavy (non-hydrogen) atoms. The number of carbonyl (C=O) groups is 1. The summed E-state index contributed by atoms with van der Waals surface area (Å²) in [4.78, 5) is 14.1. The van der Waals surface area contributed by atoms with Crippen LogP contribution in [0.15, 0.2) is 28.7 Å². The number of nitrogens with one attached hydrogen (secondary N) is 1. The van der Waals surface area contributed by atoms with Gasteiger partial charge < -0.3 is 4.90 Å². The molecule has 0 spiro atoms. The number of likely N-dealkylation sites (N-methyl/N-ethyl adjacent to an activating group) is 1. The first-order chi connectivity index (χ1) is 9.01. The van der Waals surface area contributed by atoms with Gasteiger partial charge in [-0.2, -0.15) is 0 Å². The van der Waals surface area contributed by atoms with Crippen LogP contribution in [0.1, 0.15) is 39.3 Å². The van der Waals surface area contributed by atoms with Gasteiger partial charge in [0.25, 0.3) is 0 Å². The maximum absolute atomic E-state index is 12.2. The summed E-state index contributed by atoms with van der Waals surface area (Å²) in [7, 11) is 0. The normalized spacial score (nSPS) is 13.9. The molecular weight excluding hydrogens is 304 g/mol. The van der Waals surface area contributed by atoms with Crippen molar-refractivity contribution in [2.75, 3.05) is 13.1 Å². The van der Waals surface area contributed by atoms with Crippen molar-refractivity contribution >= 4 is 21.8 Å². The van der Waals surface area contributed by atoms with Crippen molar-refractivity contribution < 1.29 is 4.79 Å².